The predicted molar refractivity (Wildman–Crippen MR) is 87.7 cm³/mol. The fourth-order valence-corrected chi connectivity index (χ4v) is 3.53. The molecule has 5 nitrogen and oxygen atoms in total. The molecular weight excluding hydrogens is 300 g/mol. The molecule has 1 aliphatic rings. The summed E-state index contributed by atoms with van der Waals surface area (Å²) in [4.78, 5) is 0. The van der Waals surface area contributed by atoms with Crippen LogP contribution in [0, 0.1) is 6.92 Å². The van der Waals surface area contributed by atoms with Gasteiger partial charge in [-0.05, 0) is 25.8 Å². The van der Waals surface area contributed by atoms with Gasteiger partial charge < -0.3 is 4.74 Å². The van der Waals surface area contributed by atoms with Gasteiger partial charge in [0.2, 0.25) is 0 Å². The van der Waals surface area contributed by atoms with Crippen LogP contribution in [0.2, 0.25) is 0 Å². The molecule has 0 aliphatic heterocycles. The Hall–Kier alpha value is -0.880. The Kier molecular flexibility index (Phi) is 6.03. The average Bonchev–Trinajstić information content (AvgIpc) is 2.78. The second-order valence-corrected chi connectivity index (χ2v) is 8.82. The lowest BCUT2D eigenvalue weighted by Crippen LogP contribution is -2.40. The molecular formula is C16H28N2O3S. The van der Waals surface area contributed by atoms with E-state index in [9.17, 15) is 8.42 Å². The highest BCUT2D eigenvalue weighted by Crippen LogP contribution is 2.31. The minimum absolute atomic E-state index is 0.0901. The minimum atomic E-state index is -2.99. The van der Waals surface area contributed by atoms with Crippen molar-refractivity contribution in [1.29, 1.82) is 0 Å². The molecule has 0 unspecified atom stereocenters. The van der Waals surface area contributed by atoms with Crippen LogP contribution in [0.3, 0.4) is 0 Å². The van der Waals surface area contributed by atoms with Crippen LogP contribution in [-0.2, 0) is 21.1 Å². The monoisotopic (exact) mass is 328 g/mol. The van der Waals surface area contributed by atoms with E-state index >= 15 is 0 Å². The Morgan fingerprint density at radius 1 is 1.23 bits per heavy atom. The molecule has 0 atom stereocenters. The first-order valence-corrected chi connectivity index (χ1v) is 10.3. The summed E-state index contributed by atoms with van der Waals surface area (Å²) in [5.41, 5.74) is 0.843. The van der Waals surface area contributed by atoms with Crippen molar-refractivity contribution in [3.8, 4) is 0 Å². The van der Waals surface area contributed by atoms with Gasteiger partial charge in [-0.3, -0.25) is 4.68 Å². The molecule has 0 spiro atoms. The van der Waals surface area contributed by atoms with Crippen LogP contribution in [0.5, 0.6) is 0 Å². The molecule has 126 valence electrons. The van der Waals surface area contributed by atoms with Gasteiger partial charge in [0, 0.05) is 18.1 Å². The Bertz CT molecular complexity index is 558. The summed E-state index contributed by atoms with van der Waals surface area (Å²) in [6.07, 6.45) is 11.1. The molecule has 0 saturated heterocycles. The smallest absolute Gasteiger partial charge is 0.149 e. The number of nitrogens with zero attached hydrogens (tertiary/aromatic N) is 2. The van der Waals surface area contributed by atoms with E-state index in [1.165, 1.54) is 25.5 Å². The zero-order valence-corrected chi connectivity index (χ0v) is 14.6. The summed E-state index contributed by atoms with van der Waals surface area (Å²) in [5, 5.41) is 4.38. The fourth-order valence-electron chi connectivity index (χ4n) is 3.14. The second-order valence-electron chi connectivity index (χ2n) is 6.56. The van der Waals surface area contributed by atoms with Gasteiger partial charge in [-0.25, -0.2) is 8.42 Å². The van der Waals surface area contributed by atoms with E-state index < -0.39 is 9.84 Å². The summed E-state index contributed by atoms with van der Waals surface area (Å²) in [7, 11) is -2.99. The van der Waals surface area contributed by atoms with Crippen molar-refractivity contribution in [1.82, 2.24) is 9.78 Å². The van der Waals surface area contributed by atoms with Gasteiger partial charge in [-0.2, -0.15) is 5.10 Å². The predicted octanol–water partition coefficient (Wildman–Crippen LogP) is 2.74. The van der Waals surface area contributed by atoms with E-state index in [1.54, 1.807) is 0 Å². The Labute approximate surface area is 134 Å². The molecule has 2 rings (SSSR count). The summed E-state index contributed by atoms with van der Waals surface area (Å²) in [6.45, 7) is 3.04. The van der Waals surface area contributed by atoms with Crippen LogP contribution >= 0.6 is 0 Å². The van der Waals surface area contributed by atoms with E-state index in [0.717, 1.165) is 37.9 Å². The molecule has 0 amide bonds. The van der Waals surface area contributed by atoms with Gasteiger partial charge in [0.25, 0.3) is 0 Å². The number of rotatable bonds is 6. The van der Waals surface area contributed by atoms with Gasteiger partial charge >= 0.3 is 0 Å². The first kappa shape index (κ1) is 17.5. The van der Waals surface area contributed by atoms with Crippen LogP contribution in [0.1, 0.15) is 50.6 Å². The number of sulfone groups is 1. The minimum Gasteiger partial charge on any atom is -0.372 e. The first-order chi connectivity index (χ1) is 10.4. The first-order valence-electron chi connectivity index (χ1n) is 8.20. The van der Waals surface area contributed by atoms with Gasteiger partial charge in [0.05, 0.1) is 24.5 Å². The van der Waals surface area contributed by atoms with Crippen molar-refractivity contribution in [2.45, 2.75) is 64.0 Å². The maximum Gasteiger partial charge on any atom is 0.149 e. The lowest BCUT2D eigenvalue weighted by molar-refractivity contribution is -0.0703. The third kappa shape index (κ3) is 5.39. The lowest BCUT2D eigenvalue weighted by atomic mass is 9.86. The molecule has 0 aromatic carbocycles. The molecule has 0 N–H and O–H groups in total. The molecule has 1 aromatic heterocycles. The number of hydrogen-bond donors (Lipinski definition) is 0. The Morgan fingerprint density at radius 2 is 1.86 bits per heavy atom. The largest absolute Gasteiger partial charge is 0.372 e. The quantitative estimate of drug-likeness (QED) is 0.805. The van der Waals surface area contributed by atoms with Crippen LogP contribution in [0.25, 0.3) is 0 Å². The summed E-state index contributed by atoms with van der Waals surface area (Å²) in [5.74, 6) is 0.0901. The highest BCUT2D eigenvalue weighted by atomic mass is 32.2. The van der Waals surface area contributed by atoms with Crippen molar-refractivity contribution >= 4 is 9.84 Å². The third-order valence-corrected chi connectivity index (χ3v) is 5.40. The van der Waals surface area contributed by atoms with Crippen LogP contribution in [-0.4, -0.2) is 42.4 Å². The molecule has 6 heteroatoms. The van der Waals surface area contributed by atoms with E-state index in [4.69, 9.17) is 4.74 Å². The number of hydrogen-bond acceptors (Lipinski definition) is 4. The summed E-state index contributed by atoms with van der Waals surface area (Å²) < 4.78 is 30.9. The molecule has 22 heavy (non-hydrogen) atoms. The summed E-state index contributed by atoms with van der Waals surface area (Å²) >= 11 is 0. The van der Waals surface area contributed by atoms with Crippen molar-refractivity contribution in [3.63, 3.8) is 0 Å². The van der Waals surface area contributed by atoms with Gasteiger partial charge in [0.15, 0.2) is 0 Å². The SMILES string of the molecule is Cc1ccnn1CC1(OCCS(C)(=O)=O)CCCCCCC1. The molecule has 0 bridgehead atoms. The highest BCUT2D eigenvalue weighted by Gasteiger charge is 2.32. The molecule has 0 radical (unpaired) electrons. The van der Waals surface area contributed by atoms with E-state index in [0.29, 0.717) is 0 Å². The molecule has 1 saturated carbocycles. The Balaban J connectivity index is 2.09. The maximum atomic E-state index is 11.4. The Morgan fingerprint density at radius 3 is 2.41 bits per heavy atom. The second kappa shape index (κ2) is 7.59. The number of ether oxygens (including phenoxy) is 1. The zero-order chi connectivity index (χ0) is 16.1. The van der Waals surface area contributed by atoms with Crippen molar-refractivity contribution in [2.75, 3.05) is 18.6 Å². The molecule has 1 aliphatic carbocycles. The van der Waals surface area contributed by atoms with Crippen LogP contribution < -0.4 is 0 Å². The van der Waals surface area contributed by atoms with Crippen molar-refractivity contribution < 1.29 is 13.2 Å². The van der Waals surface area contributed by atoms with E-state index in [-0.39, 0.29) is 18.0 Å². The van der Waals surface area contributed by atoms with Crippen LogP contribution in [0.15, 0.2) is 12.3 Å². The summed E-state index contributed by atoms with van der Waals surface area (Å²) in [6, 6.07) is 1.99. The highest BCUT2D eigenvalue weighted by molar-refractivity contribution is 7.90. The van der Waals surface area contributed by atoms with Gasteiger partial charge in [0.1, 0.15) is 9.84 Å². The van der Waals surface area contributed by atoms with Crippen LogP contribution in [0.4, 0.5) is 0 Å². The maximum absolute atomic E-state index is 11.4. The van der Waals surface area contributed by atoms with Gasteiger partial charge in [-0.15, -0.1) is 0 Å². The topological polar surface area (TPSA) is 61.2 Å². The third-order valence-electron chi connectivity index (χ3n) is 4.49. The number of aromatic nitrogens is 2. The van der Waals surface area contributed by atoms with Crippen molar-refractivity contribution in [3.05, 3.63) is 18.0 Å². The normalized spacial score (nSPS) is 19.5. The molecule has 1 fully saturated rings. The average molecular weight is 328 g/mol. The van der Waals surface area contributed by atoms with E-state index in [1.807, 2.05) is 23.9 Å². The van der Waals surface area contributed by atoms with Gasteiger partial charge in [-0.1, -0.05) is 32.1 Å². The molecule has 1 heterocycles. The molecule has 1 aromatic rings. The zero-order valence-electron chi connectivity index (χ0n) is 13.8. The fraction of sp³-hybridized carbons (Fsp3) is 0.812. The van der Waals surface area contributed by atoms with Crippen molar-refractivity contribution in [2.24, 2.45) is 0 Å². The van der Waals surface area contributed by atoms with E-state index in [2.05, 4.69) is 5.10 Å². The standard InChI is InChI=1S/C16H28N2O3S/c1-15-8-11-17-18(15)14-16(21-12-13-22(2,19)20)9-6-4-3-5-7-10-16/h8,11H,3-7,9-10,12-14H2,1-2H3. The lowest BCUT2D eigenvalue weighted by Gasteiger charge is -2.36. The number of aryl methyl sites for hydroxylation is 1.